The lowest BCUT2D eigenvalue weighted by Gasteiger charge is -2.29. The molecule has 0 aromatic heterocycles. The molecule has 1 aromatic rings. The van der Waals surface area contributed by atoms with E-state index in [0.717, 1.165) is 5.56 Å². The molecule has 0 saturated heterocycles. The quantitative estimate of drug-likeness (QED) is 0.842. The molecule has 1 atom stereocenters. The summed E-state index contributed by atoms with van der Waals surface area (Å²) >= 11 is 2.26. The number of rotatable bonds is 3. The van der Waals surface area contributed by atoms with E-state index in [4.69, 9.17) is 5.73 Å². The van der Waals surface area contributed by atoms with Crippen molar-refractivity contribution in [3.63, 3.8) is 0 Å². The third-order valence-electron chi connectivity index (χ3n) is 2.48. The highest BCUT2D eigenvalue weighted by Gasteiger charge is 2.26. The van der Waals surface area contributed by atoms with Gasteiger partial charge in [-0.25, -0.2) is 0 Å². The number of aliphatic hydroxyl groups is 1. The summed E-state index contributed by atoms with van der Waals surface area (Å²) in [6.45, 7) is 4.03. The summed E-state index contributed by atoms with van der Waals surface area (Å²) in [5, 5.41) is 9.20. The molecular weight excluding hydrogens is 289 g/mol. The first-order valence-corrected chi connectivity index (χ1v) is 5.67. The minimum absolute atomic E-state index is 0.0974. The van der Waals surface area contributed by atoms with E-state index in [9.17, 15) is 5.11 Å². The molecule has 0 heterocycles. The maximum absolute atomic E-state index is 9.20. The van der Waals surface area contributed by atoms with Crippen LogP contribution >= 0.6 is 22.6 Å². The predicted octanol–water partition coefficient (Wildman–Crippen LogP) is 2.31. The second-order valence-corrected chi connectivity index (χ2v) is 5.42. The minimum Gasteiger partial charge on any atom is -0.396 e. The van der Waals surface area contributed by atoms with Gasteiger partial charge in [0.2, 0.25) is 0 Å². The molecule has 78 valence electrons. The van der Waals surface area contributed by atoms with Gasteiger partial charge in [-0.15, -0.1) is 0 Å². The fraction of sp³-hybridized carbons (Fsp3) is 0.455. The Morgan fingerprint density at radius 2 is 1.86 bits per heavy atom. The lowest BCUT2D eigenvalue weighted by Crippen LogP contribution is -2.32. The Morgan fingerprint density at radius 3 is 2.29 bits per heavy atom. The normalized spacial score (nSPS) is 14.1. The van der Waals surface area contributed by atoms with Crippen LogP contribution in [0.25, 0.3) is 0 Å². The topological polar surface area (TPSA) is 46.2 Å². The van der Waals surface area contributed by atoms with Crippen LogP contribution in [0.2, 0.25) is 0 Å². The fourth-order valence-corrected chi connectivity index (χ4v) is 1.58. The Hall–Kier alpha value is -0.130. The SMILES string of the molecule is CC(C)(CO)C(N)c1ccc(I)cc1. The van der Waals surface area contributed by atoms with Gasteiger partial charge in [-0.1, -0.05) is 26.0 Å². The van der Waals surface area contributed by atoms with Gasteiger partial charge in [0, 0.05) is 21.6 Å². The van der Waals surface area contributed by atoms with E-state index in [1.165, 1.54) is 3.57 Å². The Balaban J connectivity index is 2.89. The number of benzene rings is 1. The smallest absolute Gasteiger partial charge is 0.0500 e. The maximum atomic E-state index is 9.20. The molecule has 14 heavy (non-hydrogen) atoms. The van der Waals surface area contributed by atoms with Crippen molar-refractivity contribution in [2.45, 2.75) is 19.9 Å². The summed E-state index contributed by atoms with van der Waals surface area (Å²) in [7, 11) is 0. The third-order valence-corrected chi connectivity index (χ3v) is 3.20. The molecule has 1 rings (SSSR count). The Bertz CT molecular complexity index is 295. The second kappa shape index (κ2) is 4.59. The molecule has 1 unspecified atom stereocenters. The van der Waals surface area contributed by atoms with E-state index >= 15 is 0 Å². The highest BCUT2D eigenvalue weighted by atomic mass is 127. The average molecular weight is 305 g/mol. The van der Waals surface area contributed by atoms with E-state index in [-0.39, 0.29) is 18.1 Å². The fourth-order valence-electron chi connectivity index (χ4n) is 1.22. The van der Waals surface area contributed by atoms with Gasteiger partial charge >= 0.3 is 0 Å². The van der Waals surface area contributed by atoms with Gasteiger partial charge in [0.15, 0.2) is 0 Å². The predicted molar refractivity (Wildman–Crippen MR) is 67.0 cm³/mol. The van der Waals surface area contributed by atoms with Crippen molar-refractivity contribution in [2.75, 3.05) is 6.61 Å². The standard InChI is InChI=1S/C11H16INO/c1-11(2,7-14)10(13)8-3-5-9(12)6-4-8/h3-6,10,14H,7,13H2,1-2H3. The van der Waals surface area contributed by atoms with Gasteiger partial charge in [-0.3, -0.25) is 0 Å². The summed E-state index contributed by atoms with van der Waals surface area (Å²) < 4.78 is 1.19. The first-order valence-electron chi connectivity index (χ1n) is 4.59. The van der Waals surface area contributed by atoms with Crippen molar-refractivity contribution < 1.29 is 5.11 Å². The van der Waals surface area contributed by atoms with Crippen LogP contribution in [0.3, 0.4) is 0 Å². The number of hydrogen-bond donors (Lipinski definition) is 2. The van der Waals surface area contributed by atoms with Crippen LogP contribution in [0, 0.1) is 8.99 Å². The average Bonchev–Trinajstić information content (AvgIpc) is 2.18. The van der Waals surface area contributed by atoms with E-state index in [1.807, 2.05) is 38.1 Å². The third kappa shape index (κ3) is 2.68. The van der Waals surface area contributed by atoms with Crippen LogP contribution in [-0.4, -0.2) is 11.7 Å². The molecule has 0 saturated carbocycles. The van der Waals surface area contributed by atoms with E-state index in [2.05, 4.69) is 22.6 Å². The summed E-state index contributed by atoms with van der Waals surface area (Å²) in [6.07, 6.45) is 0. The van der Waals surface area contributed by atoms with E-state index < -0.39 is 0 Å². The lowest BCUT2D eigenvalue weighted by atomic mass is 9.82. The van der Waals surface area contributed by atoms with Gasteiger partial charge in [0.1, 0.15) is 0 Å². The number of aliphatic hydroxyl groups excluding tert-OH is 1. The summed E-state index contributed by atoms with van der Waals surface area (Å²) in [6, 6.07) is 7.98. The molecule has 0 bridgehead atoms. The van der Waals surface area contributed by atoms with Crippen LogP contribution < -0.4 is 5.73 Å². The van der Waals surface area contributed by atoms with Gasteiger partial charge in [-0.2, -0.15) is 0 Å². The first kappa shape index (κ1) is 11.9. The second-order valence-electron chi connectivity index (χ2n) is 4.18. The zero-order valence-electron chi connectivity index (χ0n) is 8.50. The number of halogens is 1. The van der Waals surface area contributed by atoms with Crippen molar-refractivity contribution in [3.05, 3.63) is 33.4 Å². The van der Waals surface area contributed by atoms with E-state index in [1.54, 1.807) is 0 Å². The largest absolute Gasteiger partial charge is 0.396 e. The molecule has 1 aromatic carbocycles. The van der Waals surface area contributed by atoms with Crippen LogP contribution in [-0.2, 0) is 0 Å². The zero-order chi connectivity index (χ0) is 10.8. The molecule has 3 N–H and O–H groups in total. The van der Waals surface area contributed by atoms with Gasteiger partial charge in [0.25, 0.3) is 0 Å². The highest BCUT2D eigenvalue weighted by Crippen LogP contribution is 2.30. The lowest BCUT2D eigenvalue weighted by molar-refractivity contribution is 0.132. The number of nitrogens with two attached hydrogens (primary N) is 1. The maximum Gasteiger partial charge on any atom is 0.0500 e. The van der Waals surface area contributed by atoms with Crippen LogP contribution in [0.5, 0.6) is 0 Å². The van der Waals surface area contributed by atoms with Gasteiger partial charge in [0.05, 0.1) is 0 Å². The molecule has 2 nitrogen and oxygen atoms in total. The van der Waals surface area contributed by atoms with Gasteiger partial charge < -0.3 is 10.8 Å². The van der Waals surface area contributed by atoms with Crippen LogP contribution in [0.1, 0.15) is 25.5 Å². The molecular formula is C11H16INO. The Kier molecular flexibility index (Phi) is 3.92. The van der Waals surface area contributed by atoms with E-state index in [0.29, 0.717) is 0 Å². The minimum atomic E-state index is -0.271. The zero-order valence-corrected chi connectivity index (χ0v) is 10.7. The van der Waals surface area contributed by atoms with Gasteiger partial charge in [-0.05, 0) is 40.3 Å². The summed E-state index contributed by atoms with van der Waals surface area (Å²) in [5.41, 5.74) is 6.87. The molecule has 0 aliphatic carbocycles. The molecule has 0 radical (unpaired) electrons. The first-order chi connectivity index (χ1) is 6.47. The van der Waals surface area contributed by atoms with Crippen LogP contribution in [0.15, 0.2) is 24.3 Å². The number of hydrogen-bond acceptors (Lipinski definition) is 2. The molecule has 0 spiro atoms. The Morgan fingerprint density at radius 1 is 1.36 bits per heavy atom. The van der Waals surface area contributed by atoms with Crippen molar-refractivity contribution in [1.82, 2.24) is 0 Å². The van der Waals surface area contributed by atoms with Crippen molar-refractivity contribution in [2.24, 2.45) is 11.1 Å². The molecule has 0 amide bonds. The molecule has 0 aliphatic rings. The van der Waals surface area contributed by atoms with Crippen LogP contribution in [0.4, 0.5) is 0 Å². The van der Waals surface area contributed by atoms with Crippen molar-refractivity contribution in [1.29, 1.82) is 0 Å². The molecule has 0 fully saturated rings. The Labute approximate surface area is 98.7 Å². The molecule has 0 aliphatic heterocycles. The summed E-state index contributed by atoms with van der Waals surface area (Å²) in [5.74, 6) is 0. The van der Waals surface area contributed by atoms with Crippen molar-refractivity contribution >= 4 is 22.6 Å². The summed E-state index contributed by atoms with van der Waals surface area (Å²) in [4.78, 5) is 0. The molecule has 3 heteroatoms. The highest BCUT2D eigenvalue weighted by molar-refractivity contribution is 14.1. The van der Waals surface area contributed by atoms with Crippen molar-refractivity contribution in [3.8, 4) is 0 Å². The monoisotopic (exact) mass is 305 g/mol.